The second-order valence-corrected chi connectivity index (χ2v) is 4.98. The van der Waals surface area contributed by atoms with Crippen LogP contribution in [0.1, 0.15) is 11.4 Å². The Morgan fingerprint density at radius 1 is 1.05 bits per heavy atom. The molecule has 0 fully saturated rings. The normalized spacial score (nSPS) is 10.8. The van der Waals surface area contributed by atoms with Crippen molar-refractivity contribution in [3.8, 4) is 11.5 Å². The molecule has 3 aromatic rings. The summed E-state index contributed by atoms with van der Waals surface area (Å²) in [5.41, 5.74) is 3.09. The van der Waals surface area contributed by atoms with Crippen LogP contribution in [0.5, 0.6) is 11.5 Å². The van der Waals surface area contributed by atoms with Crippen molar-refractivity contribution in [3.05, 3.63) is 53.9 Å². The molecule has 5 heteroatoms. The first kappa shape index (κ1) is 14.4. The number of aromatic nitrogens is 2. The molecule has 0 aliphatic heterocycles. The number of para-hydroxylation sites is 2. The first-order chi connectivity index (χ1) is 10.8. The van der Waals surface area contributed by atoms with Crippen molar-refractivity contribution in [2.45, 2.75) is 13.1 Å². The van der Waals surface area contributed by atoms with Gasteiger partial charge in [0, 0.05) is 12.1 Å². The van der Waals surface area contributed by atoms with Crippen LogP contribution in [0.2, 0.25) is 0 Å². The van der Waals surface area contributed by atoms with Crippen LogP contribution in [0.4, 0.5) is 0 Å². The molecular weight excluding hydrogens is 278 g/mol. The van der Waals surface area contributed by atoms with Crippen LogP contribution in [0, 0.1) is 0 Å². The maximum absolute atomic E-state index is 5.38. The van der Waals surface area contributed by atoms with Crippen LogP contribution >= 0.6 is 0 Å². The molecule has 114 valence electrons. The highest BCUT2D eigenvalue weighted by Crippen LogP contribution is 2.23. The number of benzene rings is 2. The Balaban J connectivity index is 1.67. The fourth-order valence-corrected chi connectivity index (χ4v) is 2.43. The van der Waals surface area contributed by atoms with Gasteiger partial charge in [0.1, 0.15) is 17.3 Å². The van der Waals surface area contributed by atoms with Gasteiger partial charge in [-0.05, 0) is 30.3 Å². The number of H-pyrrole nitrogens is 1. The van der Waals surface area contributed by atoms with Crippen LogP contribution in [-0.4, -0.2) is 24.2 Å². The molecule has 2 N–H and O–H groups in total. The van der Waals surface area contributed by atoms with Gasteiger partial charge in [-0.2, -0.15) is 0 Å². The van der Waals surface area contributed by atoms with E-state index in [4.69, 9.17) is 9.47 Å². The number of imidazole rings is 1. The Kier molecular flexibility index (Phi) is 4.25. The van der Waals surface area contributed by atoms with E-state index in [9.17, 15) is 0 Å². The van der Waals surface area contributed by atoms with Crippen LogP contribution in [0.3, 0.4) is 0 Å². The highest BCUT2D eigenvalue weighted by Gasteiger charge is 2.06. The van der Waals surface area contributed by atoms with E-state index in [0.29, 0.717) is 13.1 Å². The Morgan fingerprint density at radius 3 is 2.68 bits per heavy atom. The number of fused-ring (bicyclic) bond motifs is 1. The van der Waals surface area contributed by atoms with Crippen molar-refractivity contribution < 1.29 is 9.47 Å². The highest BCUT2D eigenvalue weighted by atomic mass is 16.5. The summed E-state index contributed by atoms with van der Waals surface area (Å²) in [7, 11) is 3.33. The van der Waals surface area contributed by atoms with Crippen LogP contribution in [0.15, 0.2) is 42.5 Å². The average molecular weight is 297 g/mol. The van der Waals surface area contributed by atoms with E-state index in [0.717, 1.165) is 33.9 Å². The van der Waals surface area contributed by atoms with Crippen LogP contribution in [0.25, 0.3) is 11.0 Å². The van der Waals surface area contributed by atoms with Crippen molar-refractivity contribution >= 4 is 11.0 Å². The van der Waals surface area contributed by atoms with E-state index in [1.807, 2.05) is 42.5 Å². The number of hydrogen-bond donors (Lipinski definition) is 2. The molecule has 1 heterocycles. The standard InChI is InChI=1S/C17H19N3O2/c1-21-13-7-8-16(22-2)12(9-13)10-18-11-17-19-14-5-3-4-6-15(14)20-17/h3-9,18H,10-11H2,1-2H3,(H,19,20). The number of nitrogens with zero attached hydrogens (tertiary/aromatic N) is 1. The quantitative estimate of drug-likeness (QED) is 0.734. The zero-order valence-corrected chi connectivity index (χ0v) is 12.7. The number of methoxy groups -OCH3 is 2. The van der Waals surface area contributed by atoms with Gasteiger partial charge < -0.3 is 19.8 Å². The molecule has 0 saturated heterocycles. The van der Waals surface area contributed by atoms with Gasteiger partial charge in [-0.25, -0.2) is 4.98 Å². The molecule has 0 amide bonds. The summed E-state index contributed by atoms with van der Waals surface area (Å²) in [6.45, 7) is 1.34. The van der Waals surface area contributed by atoms with Gasteiger partial charge in [0.25, 0.3) is 0 Å². The van der Waals surface area contributed by atoms with Gasteiger partial charge in [0.2, 0.25) is 0 Å². The summed E-state index contributed by atoms with van der Waals surface area (Å²) >= 11 is 0. The molecule has 1 aromatic heterocycles. The minimum atomic E-state index is 0.662. The summed E-state index contributed by atoms with van der Waals surface area (Å²) < 4.78 is 10.6. The van der Waals surface area contributed by atoms with Crippen molar-refractivity contribution in [1.82, 2.24) is 15.3 Å². The third-order valence-electron chi connectivity index (χ3n) is 3.53. The molecule has 0 saturated carbocycles. The maximum atomic E-state index is 5.38. The molecular formula is C17H19N3O2. The van der Waals surface area contributed by atoms with E-state index in [1.54, 1.807) is 14.2 Å². The number of hydrogen-bond acceptors (Lipinski definition) is 4. The summed E-state index contributed by atoms with van der Waals surface area (Å²) in [5, 5.41) is 3.38. The largest absolute Gasteiger partial charge is 0.497 e. The van der Waals surface area contributed by atoms with E-state index in [-0.39, 0.29) is 0 Å². The predicted octanol–water partition coefficient (Wildman–Crippen LogP) is 2.87. The summed E-state index contributed by atoms with van der Waals surface area (Å²) in [4.78, 5) is 7.85. The van der Waals surface area contributed by atoms with E-state index >= 15 is 0 Å². The summed E-state index contributed by atoms with van der Waals surface area (Å²) in [6.07, 6.45) is 0. The molecule has 3 rings (SSSR count). The minimum Gasteiger partial charge on any atom is -0.497 e. The minimum absolute atomic E-state index is 0.662. The molecule has 0 spiro atoms. The monoisotopic (exact) mass is 297 g/mol. The van der Waals surface area contributed by atoms with Crippen molar-refractivity contribution in [1.29, 1.82) is 0 Å². The molecule has 0 aliphatic rings. The topological polar surface area (TPSA) is 59.2 Å². The van der Waals surface area contributed by atoms with Crippen LogP contribution in [-0.2, 0) is 13.1 Å². The second-order valence-electron chi connectivity index (χ2n) is 4.98. The summed E-state index contributed by atoms with van der Waals surface area (Å²) in [6, 6.07) is 13.8. The fraction of sp³-hybridized carbons (Fsp3) is 0.235. The van der Waals surface area contributed by atoms with Gasteiger partial charge in [-0.1, -0.05) is 12.1 Å². The van der Waals surface area contributed by atoms with Gasteiger partial charge in [-0.3, -0.25) is 0 Å². The Hall–Kier alpha value is -2.53. The van der Waals surface area contributed by atoms with Gasteiger partial charge in [0.05, 0.1) is 31.8 Å². The Bertz CT molecular complexity index is 734. The molecule has 0 bridgehead atoms. The maximum Gasteiger partial charge on any atom is 0.123 e. The molecule has 22 heavy (non-hydrogen) atoms. The van der Waals surface area contributed by atoms with Gasteiger partial charge in [-0.15, -0.1) is 0 Å². The lowest BCUT2D eigenvalue weighted by atomic mass is 10.2. The molecule has 5 nitrogen and oxygen atoms in total. The zero-order chi connectivity index (χ0) is 15.4. The number of nitrogens with one attached hydrogen (secondary N) is 2. The molecule has 0 aliphatic carbocycles. The lowest BCUT2D eigenvalue weighted by Crippen LogP contribution is -2.14. The molecule has 0 unspecified atom stereocenters. The Labute approximate surface area is 129 Å². The van der Waals surface area contributed by atoms with Crippen LogP contribution < -0.4 is 14.8 Å². The number of rotatable bonds is 6. The first-order valence-electron chi connectivity index (χ1n) is 7.15. The van der Waals surface area contributed by atoms with Gasteiger partial charge in [0.15, 0.2) is 0 Å². The van der Waals surface area contributed by atoms with Crippen molar-refractivity contribution in [3.63, 3.8) is 0 Å². The Morgan fingerprint density at radius 2 is 1.91 bits per heavy atom. The highest BCUT2D eigenvalue weighted by molar-refractivity contribution is 5.74. The van der Waals surface area contributed by atoms with E-state index in [2.05, 4.69) is 15.3 Å². The molecule has 2 aromatic carbocycles. The van der Waals surface area contributed by atoms with E-state index < -0.39 is 0 Å². The lowest BCUT2D eigenvalue weighted by Gasteiger charge is -2.10. The fourth-order valence-electron chi connectivity index (χ4n) is 2.43. The second kappa shape index (κ2) is 6.49. The number of aromatic amines is 1. The van der Waals surface area contributed by atoms with Gasteiger partial charge >= 0.3 is 0 Å². The third-order valence-corrected chi connectivity index (χ3v) is 3.53. The van der Waals surface area contributed by atoms with E-state index in [1.165, 1.54) is 0 Å². The molecule has 0 atom stereocenters. The van der Waals surface area contributed by atoms with Crippen molar-refractivity contribution in [2.24, 2.45) is 0 Å². The smallest absolute Gasteiger partial charge is 0.123 e. The predicted molar refractivity (Wildman–Crippen MR) is 86.2 cm³/mol. The lowest BCUT2D eigenvalue weighted by molar-refractivity contribution is 0.397. The average Bonchev–Trinajstić information content (AvgIpc) is 2.97. The number of ether oxygens (including phenoxy) is 2. The zero-order valence-electron chi connectivity index (χ0n) is 12.7. The SMILES string of the molecule is COc1ccc(OC)c(CNCc2nc3ccccc3[nH]2)c1. The summed E-state index contributed by atoms with van der Waals surface area (Å²) in [5.74, 6) is 2.59. The van der Waals surface area contributed by atoms with Crippen molar-refractivity contribution in [2.75, 3.05) is 14.2 Å². The third kappa shape index (κ3) is 3.04. The molecule has 0 radical (unpaired) electrons. The first-order valence-corrected chi connectivity index (χ1v) is 7.15.